The first-order chi connectivity index (χ1) is 11.5. The van der Waals surface area contributed by atoms with Crippen LogP contribution in [0.25, 0.3) is 0 Å². The van der Waals surface area contributed by atoms with Gasteiger partial charge in [-0.1, -0.05) is 41.1 Å². The Morgan fingerprint density at radius 3 is 2.75 bits per heavy atom. The van der Waals surface area contributed by atoms with Gasteiger partial charge in [-0.2, -0.15) is 0 Å². The third kappa shape index (κ3) is 4.08. The van der Waals surface area contributed by atoms with E-state index in [1.54, 1.807) is 0 Å². The van der Waals surface area contributed by atoms with E-state index < -0.39 is 0 Å². The number of hydrogen-bond acceptors (Lipinski definition) is 6. The van der Waals surface area contributed by atoms with Crippen LogP contribution in [0.15, 0.2) is 28.6 Å². The summed E-state index contributed by atoms with van der Waals surface area (Å²) in [4.78, 5) is 14.7. The maximum Gasteiger partial charge on any atom is 0.295 e. The van der Waals surface area contributed by atoms with E-state index >= 15 is 0 Å². The minimum atomic E-state index is -0.185. The number of hydrogen-bond donors (Lipinski definition) is 0. The molecule has 0 aliphatic carbocycles. The van der Waals surface area contributed by atoms with Crippen LogP contribution in [0.2, 0.25) is 0 Å². The summed E-state index contributed by atoms with van der Waals surface area (Å²) in [6.07, 6.45) is 0.994. The molecule has 7 heteroatoms. The van der Waals surface area contributed by atoms with Gasteiger partial charge < -0.3 is 9.64 Å². The monoisotopic (exact) mass is 363 g/mol. The number of carbonyl (C=O) groups excluding carboxylic acids is 1. The van der Waals surface area contributed by atoms with Crippen LogP contribution in [0.3, 0.4) is 0 Å². The highest BCUT2D eigenvalue weighted by molar-refractivity contribution is 8.02. The van der Waals surface area contributed by atoms with Gasteiger partial charge >= 0.3 is 0 Å². The summed E-state index contributed by atoms with van der Waals surface area (Å²) in [6.45, 7) is 7.30. The zero-order chi connectivity index (χ0) is 17.1. The van der Waals surface area contributed by atoms with E-state index in [-0.39, 0.29) is 17.3 Å². The van der Waals surface area contributed by atoms with Gasteiger partial charge in [0, 0.05) is 13.1 Å². The van der Waals surface area contributed by atoms with Crippen LogP contribution in [0.5, 0.6) is 5.19 Å². The number of carbonyl (C=O) groups is 1. The molecular weight excluding hydrogens is 342 g/mol. The number of fused-ring (bicyclic) bond motifs is 1. The van der Waals surface area contributed by atoms with Crippen molar-refractivity contribution in [3.8, 4) is 5.19 Å². The molecule has 24 heavy (non-hydrogen) atoms. The Hall–Kier alpha value is -1.60. The molecule has 5 nitrogen and oxygen atoms in total. The van der Waals surface area contributed by atoms with Gasteiger partial charge in [-0.05, 0) is 49.7 Å². The van der Waals surface area contributed by atoms with Gasteiger partial charge in [0.2, 0.25) is 5.91 Å². The molecule has 0 saturated carbocycles. The lowest BCUT2D eigenvalue weighted by Crippen LogP contribution is -2.40. The molecule has 1 atom stereocenters. The number of thioether (sulfide) groups is 1. The van der Waals surface area contributed by atoms with Gasteiger partial charge in [-0.15, -0.1) is 5.10 Å². The molecule has 3 rings (SSSR count). The second-order valence-corrected chi connectivity index (χ2v) is 8.57. The predicted octanol–water partition coefficient (Wildman–Crippen LogP) is 3.39. The zero-order valence-corrected chi connectivity index (χ0v) is 15.7. The van der Waals surface area contributed by atoms with Crippen molar-refractivity contribution in [2.75, 3.05) is 6.54 Å². The number of aromatic nitrogens is 2. The molecule has 1 aromatic carbocycles. The molecule has 0 unspecified atom stereocenters. The third-order valence-corrected chi connectivity index (χ3v) is 5.78. The van der Waals surface area contributed by atoms with Gasteiger partial charge in [0.05, 0.1) is 11.4 Å². The Bertz CT molecular complexity index is 717. The minimum absolute atomic E-state index is 0.0725. The Morgan fingerprint density at radius 1 is 1.25 bits per heavy atom. The Morgan fingerprint density at radius 2 is 2.00 bits per heavy atom. The van der Waals surface area contributed by atoms with Gasteiger partial charge in [0.15, 0.2) is 4.34 Å². The average molecular weight is 364 g/mol. The van der Waals surface area contributed by atoms with Crippen LogP contribution >= 0.6 is 23.1 Å². The van der Waals surface area contributed by atoms with Gasteiger partial charge in [-0.25, -0.2) is 0 Å². The zero-order valence-electron chi connectivity index (χ0n) is 14.1. The number of ether oxygens (including phenoxy) is 1. The number of rotatable bonds is 5. The van der Waals surface area contributed by atoms with Crippen molar-refractivity contribution in [3.05, 3.63) is 35.4 Å². The first-order valence-corrected chi connectivity index (χ1v) is 9.75. The lowest BCUT2D eigenvalue weighted by Gasteiger charge is -2.30. The first kappa shape index (κ1) is 17.2. The molecule has 0 saturated heterocycles. The molecular formula is C17H21N3O2S2. The normalized spacial score (nSPS) is 15.2. The fraction of sp³-hybridized carbons (Fsp3) is 0.471. The van der Waals surface area contributed by atoms with E-state index in [2.05, 4.69) is 28.4 Å². The maximum atomic E-state index is 12.7. The molecule has 1 amide bonds. The topological polar surface area (TPSA) is 55.3 Å². The molecule has 128 valence electrons. The second kappa shape index (κ2) is 7.53. The summed E-state index contributed by atoms with van der Waals surface area (Å²) < 4.78 is 6.30. The molecule has 0 bridgehead atoms. The van der Waals surface area contributed by atoms with Crippen molar-refractivity contribution in [2.45, 2.75) is 49.4 Å². The fourth-order valence-electron chi connectivity index (χ4n) is 2.64. The molecule has 0 fully saturated rings. The minimum Gasteiger partial charge on any atom is -0.466 e. The summed E-state index contributed by atoms with van der Waals surface area (Å²) in [7, 11) is 0. The SMILES string of the molecule is CC(C)Oc1nnc(S[C@@H](C)C(=O)N2CCc3ccccc3C2)s1. The average Bonchev–Trinajstić information content (AvgIpc) is 2.99. The lowest BCUT2D eigenvalue weighted by molar-refractivity contribution is -0.131. The van der Waals surface area contributed by atoms with Crippen LogP contribution in [-0.4, -0.2) is 38.9 Å². The van der Waals surface area contributed by atoms with Crippen LogP contribution in [0.1, 0.15) is 31.9 Å². The van der Waals surface area contributed by atoms with Gasteiger partial charge in [0.25, 0.3) is 5.19 Å². The van der Waals surface area contributed by atoms with Crippen molar-refractivity contribution < 1.29 is 9.53 Å². The highest BCUT2D eigenvalue weighted by Crippen LogP contribution is 2.32. The summed E-state index contributed by atoms with van der Waals surface area (Å²) in [6, 6.07) is 8.34. The number of amides is 1. The highest BCUT2D eigenvalue weighted by atomic mass is 32.2. The second-order valence-electron chi connectivity index (χ2n) is 6.04. The van der Waals surface area contributed by atoms with E-state index in [0.29, 0.717) is 11.7 Å². The van der Waals surface area contributed by atoms with Crippen molar-refractivity contribution in [3.63, 3.8) is 0 Å². The fourth-order valence-corrected chi connectivity index (χ4v) is 4.67. The summed E-state index contributed by atoms with van der Waals surface area (Å²) in [5, 5.41) is 8.49. The van der Waals surface area contributed by atoms with Crippen molar-refractivity contribution >= 4 is 29.0 Å². The quantitative estimate of drug-likeness (QED) is 0.762. The Labute approximate surface area is 150 Å². The first-order valence-electron chi connectivity index (χ1n) is 8.05. The number of nitrogens with zero attached hydrogens (tertiary/aromatic N) is 3. The summed E-state index contributed by atoms with van der Waals surface area (Å²) >= 11 is 2.84. The standard InChI is InChI=1S/C17H21N3O2S2/c1-11(2)22-16-18-19-17(24-16)23-12(3)15(21)20-9-8-13-6-4-5-7-14(13)10-20/h4-7,11-12H,8-10H2,1-3H3/t12-/m0/s1. The van der Waals surface area contributed by atoms with Crippen LogP contribution < -0.4 is 4.74 Å². The molecule has 2 aromatic rings. The van der Waals surface area contributed by atoms with Gasteiger partial charge in [-0.3, -0.25) is 4.79 Å². The summed E-state index contributed by atoms with van der Waals surface area (Å²) in [5.41, 5.74) is 2.60. The molecule has 2 heterocycles. The Kier molecular flexibility index (Phi) is 5.40. The molecule has 1 aliphatic rings. The van der Waals surface area contributed by atoms with E-state index in [1.165, 1.54) is 34.2 Å². The molecule has 1 aliphatic heterocycles. The molecule has 0 spiro atoms. The van der Waals surface area contributed by atoms with E-state index in [4.69, 9.17) is 4.74 Å². The third-order valence-electron chi connectivity index (χ3n) is 3.79. The smallest absolute Gasteiger partial charge is 0.295 e. The largest absolute Gasteiger partial charge is 0.466 e. The lowest BCUT2D eigenvalue weighted by atomic mass is 10.00. The number of benzene rings is 1. The van der Waals surface area contributed by atoms with Crippen LogP contribution in [0.4, 0.5) is 0 Å². The van der Waals surface area contributed by atoms with Crippen molar-refractivity contribution in [1.82, 2.24) is 15.1 Å². The molecule has 0 radical (unpaired) electrons. The van der Waals surface area contributed by atoms with Crippen LogP contribution in [-0.2, 0) is 17.8 Å². The molecule has 1 aromatic heterocycles. The van der Waals surface area contributed by atoms with Crippen LogP contribution in [0, 0.1) is 0 Å². The van der Waals surface area contributed by atoms with Crippen molar-refractivity contribution in [1.29, 1.82) is 0 Å². The molecule has 0 N–H and O–H groups in total. The predicted molar refractivity (Wildman–Crippen MR) is 96.6 cm³/mol. The van der Waals surface area contributed by atoms with E-state index in [0.717, 1.165) is 17.3 Å². The van der Waals surface area contributed by atoms with E-state index in [9.17, 15) is 4.79 Å². The Balaban J connectivity index is 1.60. The van der Waals surface area contributed by atoms with Gasteiger partial charge in [0.1, 0.15) is 0 Å². The maximum absolute atomic E-state index is 12.7. The van der Waals surface area contributed by atoms with E-state index in [1.807, 2.05) is 31.7 Å². The summed E-state index contributed by atoms with van der Waals surface area (Å²) in [5.74, 6) is 0.149. The highest BCUT2D eigenvalue weighted by Gasteiger charge is 2.26. The van der Waals surface area contributed by atoms with Crippen molar-refractivity contribution in [2.24, 2.45) is 0 Å².